The maximum absolute atomic E-state index is 11.4. The fourth-order valence-electron chi connectivity index (χ4n) is 3.50. The van der Waals surface area contributed by atoms with E-state index in [2.05, 4.69) is 20.4 Å². The molecule has 214 valence electrons. The van der Waals surface area contributed by atoms with Crippen molar-refractivity contribution in [1.82, 2.24) is 0 Å². The number of carbonyl (C=O) groups is 2. The van der Waals surface area contributed by atoms with Gasteiger partial charge in [-0.05, 0) is 35.4 Å². The van der Waals surface area contributed by atoms with Crippen LogP contribution in [0.5, 0.6) is 11.5 Å². The van der Waals surface area contributed by atoms with Crippen LogP contribution in [0, 0.1) is 0 Å². The average Bonchev–Trinajstić information content (AvgIpc) is 2.96. The van der Waals surface area contributed by atoms with E-state index in [1.807, 2.05) is 55.5 Å². The van der Waals surface area contributed by atoms with Crippen molar-refractivity contribution in [1.29, 1.82) is 0 Å². The van der Waals surface area contributed by atoms with Gasteiger partial charge >= 0.3 is 11.9 Å². The number of rotatable bonds is 17. The Bertz CT molecular complexity index is 1060. The Morgan fingerprint density at radius 2 is 1.31 bits per heavy atom. The molecule has 0 bridgehead atoms. The lowest BCUT2D eigenvalue weighted by atomic mass is 9.78. The van der Waals surface area contributed by atoms with Gasteiger partial charge in [0.1, 0.15) is 37.4 Å². The highest BCUT2D eigenvalue weighted by atomic mass is 35.5. The van der Waals surface area contributed by atoms with Crippen LogP contribution in [-0.2, 0) is 29.2 Å². The third-order valence-corrected chi connectivity index (χ3v) is 6.33. The highest BCUT2D eigenvalue weighted by molar-refractivity contribution is 6.18. The Balaban J connectivity index is 1.99. The maximum atomic E-state index is 11.4. The van der Waals surface area contributed by atoms with Crippen LogP contribution in [0.2, 0.25) is 0 Å². The minimum atomic E-state index is -0.576. The first-order valence-electron chi connectivity index (χ1n) is 12.7. The molecule has 0 aliphatic rings. The summed E-state index contributed by atoms with van der Waals surface area (Å²) in [5.41, 5.74) is 12.5. The topological polar surface area (TPSA) is 132 Å². The molecule has 2 unspecified atom stereocenters. The van der Waals surface area contributed by atoms with E-state index in [1.165, 1.54) is 0 Å². The van der Waals surface area contributed by atoms with Crippen molar-refractivity contribution in [2.45, 2.75) is 44.8 Å². The second-order valence-electron chi connectivity index (χ2n) is 9.29. The van der Waals surface area contributed by atoms with Gasteiger partial charge in [-0.15, -0.1) is 11.6 Å². The number of benzene rings is 2. The lowest BCUT2D eigenvalue weighted by Crippen LogP contribution is -2.30. The quantitative estimate of drug-likeness (QED) is 0.168. The largest absolute Gasteiger partial charge is 0.490 e. The van der Waals surface area contributed by atoms with Gasteiger partial charge in [0, 0.05) is 11.8 Å². The number of carbonyl (C=O) groups excluding carboxylic acids is 2. The molecule has 2 aromatic carbocycles. The smallest absolute Gasteiger partial charge is 0.320 e. The number of hydrogen-bond donors (Lipinski definition) is 2. The number of hydrogen-bond acceptors (Lipinski definition) is 9. The number of esters is 2. The molecule has 0 saturated carbocycles. The zero-order chi connectivity index (χ0) is 28.8. The lowest BCUT2D eigenvalue weighted by molar-refractivity contribution is -0.147. The summed E-state index contributed by atoms with van der Waals surface area (Å²) in [5.74, 6) is 0.945. The predicted octanol–water partition coefficient (Wildman–Crippen LogP) is 3.69. The first-order valence-corrected chi connectivity index (χ1v) is 13.3. The molecule has 0 spiro atoms. The van der Waals surface area contributed by atoms with Crippen molar-refractivity contribution >= 4 is 23.5 Å². The molecule has 0 aliphatic heterocycles. The van der Waals surface area contributed by atoms with Crippen molar-refractivity contribution in [2.75, 3.05) is 38.8 Å². The van der Waals surface area contributed by atoms with Crippen molar-refractivity contribution in [3.05, 3.63) is 72.0 Å². The summed E-state index contributed by atoms with van der Waals surface area (Å²) >= 11 is 5.85. The second kappa shape index (κ2) is 16.0. The molecule has 9 nitrogen and oxygen atoms in total. The number of halogens is 1. The van der Waals surface area contributed by atoms with E-state index in [-0.39, 0.29) is 44.2 Å². The summed E-state index contributed by atoms with van der Waals surface area (Å²) in [6.45, 7) is 9.94. The van der Waals surface area contributed by atoms with Gasteiger partial charge in [0.15, 0.2) is 6.10 Å². The molecule has 0 heterocycles. The van der Waals surface area contributed by atoms with Gasteiger partial charge in [0.25, 0.3) is 0 Å². The van der Waals surface area contributed by atoms with E-state index in [9.17, 15) is 9.59 Å². The Morgan fingerprint density at radius 3 is 1.74 bits per heavy atom. The first-order chi connectivity index (χ1) is 18.6. The second-order valence-corrected chi connectivity index (χ2v) is 9.59. The average molecular weight is 563 g/mol. The summed E-state index contributed by atoms with van der Waals surface area (Å²) < 4.78 is 27.6. The van der Waals surface area contributed by atoms with Crippen LogP contribution < -0.4 is 20.9 Å². The highest BCUT2D eigenvalue weighted by Crippen LogP contribution is 2.33. The molecule has 0 saturated heterocycles. The molecule has 0 fully saturated rings. The molecular weight excluding hydrogens is 524 g/mol. The van der Waals surface area contributed by atoms with Gasteiger partial charge < -0.3 is 35.2 Å². The van der Waals surface area contributed by atoms with Crippen LogP contribution in [0.25, 0.3) is 0 Å². The standard InChI is InChI=1S/C29H39ClN2O7/c1-5-20(2)38-26(19-37-27(33)15-31)18-36-24-12-8-22(9-13-24)29(3,4)21-6-10-23(11-7-21)35-17-25(14-30)39-28(34)16-32/h6-13,25-26H,2,5,14-19,31-32H2,1,3-4H3. The van der Waals surface area contributed by atoms with Crippen LogP contribution in [0.15, 0.2) is 60.9 Å². The molecule has 2 atom stereocenters. The van der Waals surface area contributed by atoms with Gasteiger partial charge in [0.05, 0.1) is 24.7 Å². The first kappa shape index (κ1) is 31.9. The van der Waals surface area contributed by atoms with Gasteiger partial charge in [0.2, 0.25) is 0 Å². The molecule has 0 amide bonds. The monoisotopic (exact) mass is 562 g/mol. The summed E-state index contributed by atoms with van der Waals surface area (Å²) in [7, 11) is 0. The minimum absolute atomic E-state index is 0.0191. The molecule has 39 heavy (non-hydrogen) atoms. The normalized spacial score (nSPS) is 12.7. The van der Waals surface area contributed by atoms with Crippen molar-refractivity contribution in [2.24, 2.45) is 11.5 Å². The molecule has 0 radical (unpaired) electrons. The molecule has 2 rings (SSSR count). The van der Waals surface area contributed by atoms with E-state index in [0.717, 1.165) is 11.1 Å². The Hall–Kier alpha value is -3.27. The van der Waals surface area contributed by atoms with Crippen LogP contribution in [0.3, 0.4) is 0 Å². The van der Waals surface area contributed by atoms with Gasteiger partial charge in [-0.25, -0.2) is 0 Å². The van der Waals surface area contributed by atoms with Crippen molar-refractivity contribution in [3.63, 3.8) is 0 Å². The SMILES string of the molecule is C=C(CC)OC(COC(=O)CN)COc1ccc(C(C)(C)c2ccc(OCC(CCl)OC(=O)CN)cc2)cc1. The zero-order valence-electron chi connectivity index (χ0n) is 22.8. The van der Waals surface area contributed by atoms with E-state index in [0.29, 0.717) is 23.7 Å². The lowest BCUT2D eigenvalue weighted by Gasteiger charge is -2.27. The minimum Gasteiger partial charge on any atom is -0.490 e. The molecule has 0 aromatic heterocycles. The van der Waals surface area contributed by atoms with E-state index in [1.54, 1.807) is 0 Å². The van der Waals surface area contributed by atoms with Crippen LogP contribution in [0.1, 0.15) is 38.3 Å². The van der Waals surface area contributed by atoms with Crippen LogP contribution >= 0.6 is 11.6 Å². The van der Waals surface area contributed by atoms with Gasteiger partial charge in [-0.3, -0.25) is 9.59 Å². The Kier molecular flexibility index (Phi) is 13.1. The third kappa shape index (κ3) is 10.4. The fraction of sp³-hybridized carbons (Fsp3) is 0.448. The molecule has 0 aliphatic carbocycles. The Morgan fingerprint density at radius 1 is 0.821 bits per heavy atom. The van der Waals surface area contributed by atoms with Gasteiger partial charge in [-0.1, -0.05) is 51.6 Å². The van der Waals surface area contributed by atoms with E-state index < -0.39 is 24.1 Å². The van der Waals surface area contributed by atoms with Crippen molar-refractivity contribution < 1.29 is 33.3 Å². The molecule has 2 aromatic rings. The zero-order valence-corrected chi connectivity index (χ0v) is 23.6. The summed E-state index contributed by atoms with van der Waals surface area (Å²) in [5, 5.41) is 0. The maximum Gasteiger partial charge on any atom is 0.320 e. The van der Waals surface area contributed by atoms with Gasteiger partial charge in [-0.2, -0.15) is 0 Å². The summed E-state index contributed by atoms with van der Waals surface area (Å²) in [6.07, 6.45) is -0.443. The number of alkyl halides is 1. The van der Waals surface area contributed by atoms with E-state index in [4.69, 9.17) is 46.8 Å². The van der Waals surface area contributed by atoms with Crippen LogP contribution in [0.4, 0.5) is 0 Å². The van der Waals surface area contributed by atoms with Crippen LogP contribution in [-0.4, -0.2) is 62.9 Å². The van der Waals surface area contributed by atoms with E-state index >= 15 is 0 Å². The number of allylic oxidation sites excluding steroid dienone is 1. The van der Waals surface area contributed by atoms with Crippen molar-refractivity contribution in [3.8, 4) is 11.5 Å². The molecule has 10 heteroatoms. The molecule has 4 N–H and O–H groups in total. The highest BCUT2D eigenvalue weighted by Gasteiger charge is 2.24. The molecular formula is C29H39ClN2O7. The third-order valence-electron chi connectivity index (χ3n) is 5.99. The predicted molar refractivity (Wildman–Crippen MR) is 150 cm³/mol. The number of ether oxygens (including phenoxy) is 5. The fourth-order valence-corrected chi connectivity index (χ4v) is 3.66. The number of nitrogens with two attached hydrogens (primary N) is 2. The Labute approximate surface area is 235 Å². The summed E-state index contributed by atoms with van der Waals surface area (Å²) in [6, 6.07) is 15.5. The summed E-state index contributed by atoms with van der Waals surface area (Å²) in [4.78, 5) is 22.8.